The zero-order valence-corrected chi connectivity index (χ0v) is 13.3. The van der Waals surface area contributed by atoms with Gasteiger partial charge in [0.1, 0.15) is 5.69 Å². The SMILES string of the molecule is Cc1cccc(CNC(=O)c2[nH]c3ccc(Cl)cc3c2Cl)n1. The Morgan fingerprint density at radius 3 is 2.86 bits per heavy atom. The van der Waals surface area contributed by atoms with Crippen molar-refractivity contribution in [3.63, 3.8) is 0 Å². The van der Waals surface area contributed by atoms with Gasteiger partial charge in [0.15, 0.2) is 0 Å². The number of pyridine rings is 1. The number of aromatic amines is 1. The normalized spacial score (nSPS) is 10.9. The van der Waals surface area contributed by atoms with Crippen molar-refractivity contribution >= 4 is 40.0 Å². The summed E-state index contributed by atoms with van der Waals surface area (Å²) in [6, 6.07) is 10.9. The van der Waals surface area contributed by atoms with Crippen LogP contribution in [0.5, 0.6) is 0 Å². The molecule has 0 aliphatic rings. The second-order valence-corrected chi connectivity index (χ2v) is 5.77. The molecular formula is C16H13Cl2N3O. The molecule has 0 spiro atoms. The first-order valence-corrected chi connectivity index (χ1v) is 7.47. The van der Waals surface area contributed by atoms with Crippen LogP contribution < -0.4 is 5.32 Å². The molecule has 0 aliphatic carbocycles. The number of benzene rings is 1. The molecule has 4 nitrogen and oxygen atoms in total. The zero-order valence-electron chi connectivity index (χ0n) is 11.8. The van der Waals surface area contributed by atoms with E-state index in [0.29, 0.717) is 22.3 Å². The van der Waals surface area contributed by atoms with Crippen molar-refractivity contribution in [1.82, 2.24) is 15.3 Å². The summed E-state index contributed by atoms with van der Waals surface area (Å²) in [5.74, 6) is -0.277. The van der Waals surface area contributed by atoms with E-state index in [-0.39, 0.29) is 5.91 Å². The average Bonchev–Trinajstić information content (AvgIpc) is 2.82. The fourth-order valence-electron chi connectivity index (χ4n) is 2.24. The van der Waals surface area contributed by atoms with E-state index in [9.17, 15) is 4.79 Å². The van der Waals surface area contributed by atoms with Crippen LogP contribution in [0.15, 0.2) is 36.4 Å². The number of hydrogen-bond acceptors (Lipinski definition) is 2. The van der Waals surface area contributed by atoms with Gasteiger partial charge in [0.2, 0.25) is 0 Å². The van der Waals surface area contributed by atoms with Crippen molar-refractivity contribution in [2.75, 3.05) is 0 Å². The molecular weight excluding hydrogens is 321 g/mol. The smallest absolute Gasteiger partial charge is 0.269 e. The van der Waals surface area contributed by atoms with E-state index < -0.39 is 0 Å². The Morgan fingerprint density at radius 2 is 2.09 bits per heavy atom. The minimum Gasteiger partial charge on any atom is -0.349 e. The van der Waals surface area contributed by atoms with Crippen LogP contribution in [0.2, 0.25) is 10.0 Å². The van der Waals surface area contributed by atoms with Crippen LogP contribution >= 0.6 is 23.2 Å². The van der Waals surface area contributed by atoms with Crippen LogP contribution in [-0.2, 0) is 6.54 Å². The van der Waals surface area contributed by atoms with Crippen molar-refractivity contribution in [2.45, 2.75) is 13.5 Å². The Labute approximate surface area is 137 Å². The summed E-state index contributed by atoms with van der Waals surface area (Å²) in [5, 5.41) is 4.48. The summed E-state index contributed by atoms with van der Waals surface area (Å²) < 4.78 is 0. The summed E-state index contributed by atoms with van der Waals surface area (Å²) in [6.45, 7) is 2.25. The van der Waals surface area contributed by atoms with Gasteiger partial charge in [-0.1, -0.05) is 29.3 Å². The van der Waals surface area contributed by atoms with E-state index in [1.54, 1.807) is 18.2 Å². The molecule has 22 heavy (non-hydrogen) atoms. The van der Waals surface area contributed by atoms with Gasteiger partial charge in [-0.15, -0.1) is 0 Å². The molecule has 2 N–H and O–H groups in total. The van der Waals surface area contributed by atoms with Gasteiger partial charge in [-0.05, 0) is 37.3 Å². The number of aryl methyl sites for hydroxylation is 1. The highest BCUT2D eigenvalue weighted by atomic mass is 35.5. The number of H-pyrrole nitrogens is 1. The maximum Gasteiger partial charge on any atom is 0.269 e. The van der Waals surface area contributed by atoms with Crippen molar-refractivity contribution < 1.29 is 4.79 Å². The van der Waals surface area contributed by atoms with Crippen LogP contribution in [0.25, 0.3) is 10.9 Å². The Morgan fingerprint density at radius 1 is 1.27 bits per heavy atom. The Balaban J connectivity index is 1.82. The molecule has 0 radical (unpaired) electrons. The molecule has 0 bridgehead atoms. The fraction of sp³-hybridized carbons (Fsp3) is 0.125. The maximum atomic E-state index is 12.3. The highest BCUT2D eigenvalue weighted by molar-refractivity contribution is 6.39. The molecule has 0 unspecified atom stereocenters. The lowest BCUT2D eigenvalue weighted by Gasteiger charge is -2.04. The molecule has 0 atom stereocenters. The number of carbonyl (C=O) groups is 1. The van der Waals surface area contributed by atoms with Crippen molar-refractivity contribution in [3.05, 3.63) is 63.5 Å². The number of nitrogens with one attached hydrogen (secondary N) is 2. The molecule has 0 aliphatic heterocycles. The standard InChI is InChI=1S/C16H13Cl2N3O/c1-9-3-2-4-11(20-9)8-19-16(22)15-14(18)12-7-10(17)5-6-13(12)21-15/h2-7,21H,8H2,1H3,(H,19,22). The molecule has 6 heteroatoms. The minimum atomic E-state index is -0.277. The molecule has 0 saturated carbocycles. The zero-order chi connectivity index (χ0) is 15.7. The number of carbonyl (C=O) groups excluding carboxylic acids is 1. The number of halogens is 2. The number of hydrogen-bond donors (Lipinski definition) is 2. The summed E-state index contributed by atoms with van der Waals surface area (Å²) >= 11 is 12.2. The monoisotopic (exact) mass is 333 g/mol. The number of nitrogens with zero attached hydrogens (tertiary/aromatic N) is 1. The summed E-state index contributed by atoms with van der Waals surface area (Å²) in [4.78, 5) is 19.6. The highest BCUT2D eigenvalue weighted by Gasteiger charge is 2.16. The van der Waals surface area contributed by atoms with Crippen LogP contribution in [-0.4, -0.2) is 15.9 Å². The average molecular weight is 334 g/mol. The molecule has 1 aromatic carbocycles. The minimum absolute atomic E-state index is 0.277. The van der Waals surface area contributed by atoms with Gasteiger partial charge in [0, 0.05) is 21.6 Å². The van der Waals surface area contributed by atoms with Gasteiger partial charge in [0.05, 0.1) is 17.3 Å². The third kappa shape index (κ3) is 2.93. The molecule has 1 amide bonds. The van der Waals surface area contributed by atoms with Gasteiger partial charge >= 0.3 is 0 Å². The predicted octanol–water partition coefficient (Wildman–Crippen LogP) is 4.11. The van der Waals surface area contributed by atoms with Gasteiger partial charge in [-0.25, -0.2) is 0 Å². The lowest BCUT2D eigenvalue weighted by molar-refractivity contribution is 0.0946. The van der Waals surface area contributed by atoms with Crippen LogP contribution in [0, 0.1) is 6.92 Å². The molecule has 3 aromatic rings. The third-order valence-electron chi connectivity index (χ3n) is 3.30. The Bertz CT molecular complexity index is 858. The lowest BCUT2D eigenvalue weighted by atomic mass is 10.2. The van der Waals surface area contributed by atoms with Crippen LogP contribution in [0.4, 0.5) is 0 Å². The van der Waals surface area contributed by atoms with Crippen LogP contribution in [0.3, 0.4) is 0 Å². The van der Waals surface area contributed by atoms with Crippen molar-refractivity contribution in [3.8, 4) is 0 Å². The number of aromatic nitrogens is 2. The van der Waals surface area contributed by atoms with E-state index in [0.717, 1.165) is 22.3 Å². The number of amides is 1. The van der Waals surface area contributed by atoms with Gasteiger partial charge in [-0.2, -0.15) is 0 Å². The van der Waals surface area contributed by atoms with Gasteiger partial charge in [-0.3, -0.25) is 9.78 Å². The summed E-state index contributed by atoms with van der Waals surface area (Å²) in [6.07, 6.45) is 0. The quantitative estimate of drug-likeness (QED) is 0.757. The predicted molar refractivity (Wildman–Crippen MR) is 88.5 cm³/mol. The second kappa shape index (κ2) is 5.99. The number of rotatable bonds is 3. The lowest BCUT2D eigenvalue weighted by Crippen LogP contribution is -2.24. The first kappa shape index (κ1) is 14.9. The van der Waals surface area contributed by atoms with E-state index in [2.05, 4.69) is 15.3 Å². The van der Waals surface area contributed by atoms with Crippen molar-refractivity contribution in [2.24, 2.45) is 0 Å². The largest absolute Gasteiger partial charge is 0.349 e. The van der Waals surface area contributed by atoms with E-state index in [1.807, 2.05) is 25.1 Å². The van der Waals surface area contributed by atoms with E-state index >= 15 is 0 Å². The van der Waals surface area contributed by atoms with Gasteiger partial charge < -0.3 is 10.3 Å². The Hall–Kier alpha value is -2.04. The van der Waals surface area contributed by atoms with Crippen molar-refractivity contribution in [1.29, 1.82) is 0 Å². The summed E-state index contributed by atoms with van der Waals surface area (Å²) in [5.41, 5.74) is 2.80. The second-order valence-electron chi connectivity index (χ2n) is 4.96. The molecule has 3 rings (SSSR count). The molecule has 2 heterocycles. The Kier molecular flexibility index (Phi) is 4.05. The van der Waals surface area contributed by atoms with Crippen LogP contribution in [0.1, 0.15) is 21.9 Å². The third-order valence-corrected chi connectivity index (χ3v) is 3.93. The van der Waals surface area contributed by atoms with E-state index in [4.69, 9.17) is 23.2 Å². The molecule has 0 saturated heterocycles. The van der Waals surface area contributed by atoms with E-state index in [1.165, 1.54) is 0 Å². The highest BCUT2D eigenvalue weighted by Crippen LogP contribution is 2.29. The van der Waals surface area contributed by atoms with Gasteiger partial charge in [0.25, 0.3) is 5.91 Å². The molecule has 0 fully saturated rings. The first-order chi connectivity index (χ1) is 10.5. The maximum absolute atomic E-state index is 12.3. The first-order valence-electron chi connectivity index (χ1n) is 6.72. The topological polar surface area (TPSA) is 57.8 Å². The fourth-order valence-corrected chi connectivity index (χ4v) is 2.71. The number of fused-ring (bicyclic) bond motifs is 1. The summed E-state index contributed by atoms with van der Waals surface area (Å²) in [7, 11) is 0. The molecule has 112 valence electrons. The molecule has 2 aromatic heterocycles.